The topological polar surface area (TPSA) is 17.1 Å². The van der Waals surface area contributed by atoms with Crippen molar-refractivity contribution in [1.82, 2.24) is 0 Å². The van der Waals surface area contributed by atoms with Gasteiger partial charge in [-0.3, -0.25) is 4.79 Å². The lowest BCUT2D eigenvalue weighted by Gasteiger charge is -2.07. The minimum atomic E-state index is 0.224. The molecule has 0 amide bonds. The van der Waals surface area contributed by atoms with Crippen molar-refractivity contribution in [2.75, 3.05) is 0 Å². The molecule has 0 fully saturated rings. The average molecular weight is 266 g/mol. The number of ketones is 1. The number of carbonyl (C=O) groups excluding carboxylic acids is 1. The Morgan fingerprint density at radius 2 is 1.75 bits per heavy atom. The fourth-order valence-corrected chi connectivity index (χ4v) is 2.32. The maximum atomic E-state index is 12.2. The van der Waals surface area contributed by atoms with Gasteiger partial charge in [-0.25, -0.2) is 0 Å². The van der Waals surface area contributed by atoms with E-state index in [4.69, 9.17) is 0 Å². The minimum Gasteiger partial charge on any atom is -0.294 e. The standard InChI is InChI=1S/C19H22O/c1-14(2)17-8-10-18(11-9-17)19(20)12-7-16-6-4-5-15(3)13-16/h4-6,8-11,13-14H,7,12H2,1-3H3. The normalized spacial score (nSPS) is 10.8. The first-order valence-electron chi connectivity index (χ1n) is 7.25. The van der Waals surface area contributed by atoms with Gasteiger partial charge in [0.1, 0.15) is 0 Å². The Morgan fingerprint density at radius 3 is 2.35 bits per heavy atom. The van der Waals surface area contributed by atoms with Crippen molar-refractivity contribution in [2.45, 2.75) is 39.5 Å². The van der Waals surface area contributed by atoms with Crippen molar-refractivity contribution < 1.29 is 4.79 Å². The lowest BCUT2D eigenvalue weighted by atomic mass is 9.98. The molecule has 0 unspecified atom stereocenters. The molecule has 104 valence electrons. The number of benzene rings is 2. The summed E-state index contributed by atoms with van der Waals surface area (Å²) < 4.78 is 0. The molecule has 0 spiro atoms. The molecule has 20 heavy (non-hydrogen) atoms. The molecule has 2 aromatic rings. The first-order chi connectivity index (χ1) is 9.56. The highest BCUT2D eigenvalue weighted by molar-refractivity contribution is 5.96. The van der Waals surface area contributed by atoms with Crippen molar-refractivity contribution in [2.24, 2.45) is 0 Å². The lowest BCUT2D eigenvalue weighted by Crippen LogP contribution is -2.01. The molecule has 0 atom stereocenters. The molecule has 0 aliphatic heterocycles. The Balaban J connectivity index is 1.98. The van der Waals surface area contributed by atoms with Gasteiger partial charge in [0.2, 0.25) is 0 Å². The van der Waals surface area contributed by atoms with Crippen LogP contribution in [0, 0.1) is 6.92 Å². The molecule has 0 heterocycles. The summed E-state index contributed by atoms with van der Waals surface area (Å²) in [6, 6.07) is 16.4. The Morgan fingerprint density at radius 1 is 1.05 bits per heavy atom. The molecule has 0 N–H and O–H groups in total. The van der Waals surface area contributed by atoms with Crippen molar-refractivity contribution in [3.63, 3.8) is 0 Å². The fourth-order valence-electron chi connectivity index (χ4n) is 2.32. The van der Waals surface area contributed by atoms with E-state index in [1.165, 1.54) is 16.7 Å². The number of Topliss-reactive ketones (excluding diaryl/α,β-unsaturated/α-hetero) is 1. The van der Waals surface area contributed by atoms with Crippen LogP contribution in [0.2, 0.25) is 0 Å². The van der Waals surface area contributed by atoms with E-state index in [9.17, 15) is 4.79 Å². The van der Waals surface area contributed by atoms with Crippen LogP contribution < -0.4 is 0 Å². The second-order valence-corrected chi connectivity index (χ2v) is 5.69. The molecule has 0 saturated carbocycles. The molecule has 0 aliphatic carbocycles. The maximum absolute atomic E-state index is 12.2. The third-order valence-electron chi connectivity index (χ3n) is 3.62. The third-order valence-corrected chi connectivity index (χ3v) is 3.62. The van der Waals surface area contributed by atoms with E-state index in [1.54, 1.807) is 0 Å². The highest BCUT2D eigenvalue weighted by Crippen LogP contribution is 2.16. The number of rotatable bonds is 5. The van der Waals surface area contributed by atoms with Gasteiger partial charge in [-0.15, -0.1) is 0 Å². The molecule has 0 saturated heterocycles. The van der Waals surface area contributed by atoms with Gasteiger partial charge < -0.3 is 0 Å². The molecule has 2 aromatic carbocycles. The summed E-state index contributed by atoms with van der Waals surface area (Å²) >= 11 is 0. The summed E-state index contributed by atoms with van der Waals surface area (Å²) in [6.45, 7) is 6.40. The van der Waals surface area contributed by atoms with Crippen LogP contribution in [0.3, 0.4) is 0 Å². The maximum Gasteiger partial charge on any atom is 0.163 e. The fraction of sp³-hybridized carbons (Fsp3) is 0.316. The zero-order chi connectivity index (χ0) is 14.5. The number of aryl methyl sites for hydroxylation is 2. The van der Waals surface area contributed by atoms with Gasteiger partial charge in [-0.2, -0.15) is 0 Å². The van der Waals surface area contributed by atoms with E-state index in [0.29, 0.717) is 12.3 Å². The van der Waals surface area contributed by atoms with E-state index in [1.807, 2.05) is 18.2 Å². The molecular formula is C19H22O. The second-order valence-electron chi connectivity index (χ2n) is 5.69. The third kappa shape index (κ3) is 3.80. The highest BCUT2D eigenvalue weighted by atomic mass is 16.1. The van der Waals surface area contributed by atoms with Crippen LogP contribution in [0.4, 0.5) is 0 Å². The largest absolute Gasteiger partial charge is 0.294 e. The molecule has 0 aliphatic rings. The van der Waals surface area contributed by atoms with Gasteiger partial charge >= 0.3 is 0 Å². The second kappa shape index (κ2) is 6.51. The Bertz CT molecular complexity index is 579. The Labute approximate surface area is 121 Å². The van der Waals surface area contributed by atoms with Crippen LogP contribution in [-0.4, -0.2) is 5.78 Å². The summed E-state index contributed by atoms with van der Waals surface area (Å²) in [5.74, 6) is 0.730. The van der Waals surface area contributed by atoms with Gasteiger partial charge in [-0.05, 0) is 30.4 Å². The summed E-state index contributed by atoms with van der Waals surface area (Å²) in [5, 5.41) is 0. The summed E-state index contributed by atoms with van der Waals surface area (Å²) in [5.41, 5.74) is 4.58. The molecule has 0 bridgehead atoms. The van der Waals surface area contributed by atoms with E-state index in [2.05, 4.69) is 51.1 Å². The predicted molar refractivity (Wildman–Crippen MR) is 84.4 cm³/mol. The van der Waals surface area contributed by atoms with E-state index in [-0.39, 0.29) is 5.78 Å². The smallest absolute Gasteiger partial charge is 0.163 e. The molecule has 2 rings (SSSR count). The number of hydrogen-bond acceptors (Lipinski definition) is 1. The van der Waals surface area contributed by atoms with Crippen molar-refractivity contribution in [3.8, 4) is 0 Å². The zero-order valence-electron chi connectivity index (χ0n) is 12.5. The minimum absolute atomic E-state index is 0.224. The van der Waals surface area contributed by atoms with Gasteiger partial charge in [0.15, 0.2) is 5.78 Å². The van der Waals surface area contributed by atoms with E-state index < -0.39 is 0 Å². The quantitative estimate of drug-likeness (QED) is 0.701. The average Bonchev–Trinajstić information content (AvgIpc) is 2.45. The molecule has 1 nitrogen and oxygen atoms in total. The van der Waals surface area contributed by atoms with Gasteiger partial charge in [-0.1, -0.05) is 67.9 Å². The van der Waals surface area contributed by atoms with Crippen LogP contribution in [0.15, 0.2) is 48.5 Å². The molecule has 1 heteroatoms. The number of hydrogen-bond donors (Lipinski definition) is 0. The lowest BCUT2D eigenvalue weighted by molar-refractivity contribution is 0.0983. The van der Waals surface area contributed by atoms with E-state index >= 15 is 0 Å². The molecule has 0 radical (unpaired) electrons. The van der Waals surface area contributed by atoms with Crippen LogP contribution in [0.5, 0.6) is 0 Å². The first-order valence-corrected chi connectivity index (χ1v) is 7.25. The van der Waals surface area contributed by atoms with Gasteiger partial charge in [0.25, 0.3) is 0 Å². The Hall–Kier alpha value is -1.89. The van der Waals surface area contributed by atoms with Crippen molar-refractivity contribution >= 4 is 5.78 Å². The monoisotopic (exact) mass is 266 g/mol. The summed E-state index contributed by atoms with van der Waals surface area (Å²) in [6.07, 6.45) is 1.39. The Kier molecular flexibility index (Phi) is 4.73. The predicted octanol–water partition coefficient (Wildman–Crippen LogP) is 4.93. The van der Waals surface area contributed by atoms with Crippen molar-refractivity contribution in [1.29, 1.82) is 0 Å². The van der Waals surface area contributed by atoms with Gasteiger partial charge in [0, 0.05) is 12.0 Å². The molecule has 0 aromatic heterocycles. The van der Waals surface area contributed by atoms with E-state index in [0.717, 1.165) is 12.0 Å². The summed E-state index contributed by atoms with van der Waals surface area (Å²) in [7, 11) is 0. The van der Waals surface area contributed by atoms with Crippen LogP contribution in [0.1, 0.15) is 53.2 Å². The van der Waals surface area contributed by atoms with Crippen LogP contribution in [-0.2, 0) is 6.42 Å². The first kappa shape index (κ1) is 14.5. The number of carbonyl (C=O) groups is 1. The molecular weight excluding hydrogens is 244 g/mol. The van der Waals surface area contributed by atoms with Crippen LogP contribution in [0.25, 0.3) is 0 Å². The van der Waals surface area contributed by atoms with Crippen LogP contribution >= 0.6 is 0 Å². The summed E-state index contributed by atoms with van der Waals surface area (Å²) in [4.78, 5) is 12.2. The zero-order valence-corrected chi connectivity index (χ0v) is 12.5. The van der Waals surface area contributed by atoms with Gasteiger partial charge in [0.05, 0.1) is 0 Å². The highest BCUT2D eigenvalue weighted by Gasteiger charge is 2.07. The SMILES string of the molecule is Cc1cccc(CCC(=O)c2ccc(C(C)C)cc2)c1. The van der Waals surface area contributed by atoms with Crippen molar-refractivity contribution in [3.05, 3.63) is 70.8 Å².